The maximum Gasteiger partial charge on any atom is 0.227 e. The van der Waals surface area contributed by atoms with Crippen LogP contribution >= 0.6 is 0 Å². The van der Waals surface area contributed by atoms with Gasteiger partial charge in [0.15, 0.2) is 0 Å². The van der Waals surface area contributed by atoms with E-state index in [9.17, 15) is 9.59 Å². The molecule has 2 rings (SSSR count). The third kappa shape index (κ3) is 3.82. The molecule has 1 saturated carbocycles. The Morgan fingerprint density at radius 1 is 1.05 bits per heavy atom. The summed E-state index contributed by atoms with van der Waals surface area (Å²) < 4.78 is 0. The summed E-state index contributed by atoms with van der Waals surface area (Å²) in [5.74, 6) is 0.656. The summed E-state index contributed by atoms with van der Waals surface area (Å²) in [6, 6.07) is 0.465. The van der Waals surface area contributed by atoms with Crippen LogP contribution in [0, 0.1) is 11.3 Å². The second-order valence-corrected chi connectivity index (χ2v) is 7.88. The molecule has 0 aromatic heterocycles. The van der Waals surface area contributed by atoms with E-state index < -0.39 is 0 Å². The smallest absolute Gasteiger partial charge is 0.227 e. The largest absolute Gasteiger partial charge is 0.342 e. The zero-order chi connectivity index (χ0) is 16.3. The first-order chi connectivity index (χ1) is 10.3. The van der Waals surface area contributed by atoms with Gasteiger partial charge in [0.1, 0.15) is 0 Å². The highest BCUT2D eigenvalue weighted by Gasteiger charge is 2.35. The monoisotopic (exact) mass is 308 g/mol. The van der Waals surface area contributed by atoms with E-state index in [1.165, 1.54) is 25.7 Å². The van der Waals surface area contributed by atoms with Crippen molar-refractivity contribution in [2.24, 2.45) is 11.3 Å². The minimum absolute atomic E-state index is 0.115. The van der Waals surface area contributed by atoms with E-state index in [2.05, 4.69) is 11.8 Å². The molecule has 2 amide bonds. The van der Waals surface area contributed by atoms with Crippen molar-refractivity contribution in [2.75, 3.05) is 19.6 Å². The van der Waals surface area contributed by atoms with Crippen molar-refractivity contribution in [3.05, 3.63) is 0 Å². The van der Waals surface area contributed by atoms with Gasteiger partial charge in [0, 0.05) is 37.0 Å². The lowest BCUT2D eigenvalue weighted by Crippen LogP contribution is -2.48. The van der Waals surface area contributed by atoms with Crippen molar-refractivity contribution in [3.63, 3.8) is 0 Å². The third-order valence-corrected chi connectivity index (χ3v) is 5.16. The van der Waals surface area contributed by atoms with Crippen LogP contribution in [0.2, 0.25) is 0 Å². The molecule has 4 nitrogen and oxygen atoms in total. The summed E-state index contributed by atoms with van der Waals surface area (Å²) in [7, 11) is 0. The van der Waals surface area contributed by atoms with Gasteiger partial charge >= 0.3 is 0 Å². The topological polar surface area (TPSA) is 40.6 Å². The van der Waals surface area contributed by atoms with Crippen LogP contribution in [0.4, 0.5) is 0 Å². The van der Waals surface area contributed by atoms with Crippen LogP contribution < -0.4 is 0 Å². The number of hydrogen-bond donors (Lipinski definition) is 0. The zero-order valence-electron chi connectivity index (χ0n) is 14.7. The van der Waals surface area contributed by atoms with Gasteiger partial charge in [0.2, 0.25) is 11.8 Å². The zero-order valence-corrected chi connectivity index (χ0v) is 14.7. The van der Waals surface area contributed by atoms with Crippen LogP contribution in [-0.4, -0.2) is 47.3 Å². The van der Waals surface area contributed by atoms with Crippen LogP contribution in [-0.2, 0) is 9.59 Å². The molecular formula is C18H32N2O2. The first kappa shape index (κ1) is 17.3. The Morgan fingerprint density at radius 3 is 2.05 bits per heavy atom. The lowest BCUT2D eigenvalue weighted by molar-refractivity contribution is -0.145. The molecule has 126 valence electrons. The Hall–Kier alpha value is -1.06. The molecule has 0 N–H and O–H groups in total. The van der Waals surface area contributed by atoms with E-state index >= 15 is 0 Å². The van der Waals surface area contributed by atoms with Crippen molar-refractivity contribution in [1.29, 1.82) is 0 Å². The van der Waals surface area contributed by atoms with E-state index in [4.69, 9.17) is 0 Å². The molecule has 0 atom stereocenters. The lowest BCUT2D eigenvalue weighted by atomic mass is 9.90. The predicted octanol–water partition coefficient (Wildman–Crippen LogP) is 3.06. The van der Waals surface area contributed by atoms with Gasteiger partial charge in [0.05, 0.1) is 0 Å². The molecule has 4 heteroatoms. The highest BCUT2D eigenvalue weighted by molar-refractivity contribution is 5.83. The Labute approximate surface area is 135 Å². The number of carbonyl (C=O) groups is 2. The molecule has 0 aromatic carbocycles. The molecule has 22 heavy (non-hydrogen) atoms. The maximum atomic E-state index is 12.8. The van der Waals surface area contributed by atoms with Crippen LogP contribution in [0.25, 0.3) is 0 Å². The number of rotatable bonds is 3. The molecule has 2 aliphatic rings. The Morgan fingerprint density at radius 2 is 1.59 bits per heavy atom. The second kappa shape index (κ2) is 7.01. The summed E-state index contributed by atoms with van der Waals surface area (Å²) in [6.07, 6.45) is 6.50. The molecule has 1 aliphatic carbocycles. The fourth-order valence-electron chi connectivity index (χ4n) is 3.85. The highest BCUT2D eigenvalue weighted by atomic mass is 16.2. The van der Waals surface area contributed by atoms with Gasteiger partial charge in [-0.05, 0) is 32.6 Å². The van der Waals surface area contributed by atoms with Crippen molar-refractivity contribution in [3.8, 4) is 0 Å². The number of likely N-dealkylation sites (tertiary alicyclic amines) is 1. The summed E-state index contributed by atoms with van der Waals surface area (Å²) in [5, 5.41) is 0. The second-order valence-electron chi connectivity index (χ2n) is 7.88. The first-order valence-electron chi connectivity index (χ1n) is 8.94. The summed E-state index contributed by atoms with van der Waals surface area (Å²) in [5.41, 5.74) is -0.323. The van der Waals surface area contributed by atoms with Crippen molar-refractivity contribution in [1.82, 2.24) is 9.80 Å². The first-order valence-corrected chi connectivity index (χ1v) is 8.94. The van der Waals surface area contributed by atoms with Gasteiger partial charge in [-0.15, -0.1) is 0 Å². The SMILES string of the molecule is CCN(C(=O)C1CCN(C(=O)C(C)(C)C)CC1)C1CCCC1. The number of hydrogen-bond acceptors (Lipinski definition) is 2. The lowest BCUT2D eigenvalue weighted by Gasteiger charge is -2.38. The minimum Gasteiger partial charge on any atom is -0.342 e. The van der Waals surface area contributed by atoms with E-state index in [0.717, 1.165) is 32.5 Å². The normalized spacial score (nSPS) is 21.2. The van der Waals surface area contributed by atoms with E-state index in [1.807, 2.05) is 25.7 Å². The Kier molecular flexibility index (Phi) is 5.51. The Bertz CT molecular complexity index is 400. The van der Waals surface area contributed by atoms with Crippen molar-refractivity contribution >= 4 is 11.8 Å². The molecule has 1 saturated heterocycles. The van der Waals surface area contributed by atoms with Gasteiger partial charge in [-0.1, -0.05) is 33.6 Å². The predicted molar refractivity (Wildman–Crippen MR) is 88.4 cm³/mol. The highest BCUT2D eigenvalue weighted by Crippen LogP contribution is 2.28. The average Bonchev–Trinajstić information content (AvgIpc) is 3.00. The van der Waals surface area contributed by atoms with Crippen molar-refractivity contribution < 1.29 is 9.59 Å². The van der Waals surface area contributed by atoms with Crippen LogP contribution in [0.15, 0.2) is 0 Å². The van der Waals surface area contributed by atoms with Gasteiger partial charge in [0.25, 0.3) is 0 Å². The van der Waals surface area contributed by atoms with Crippen LogP contribution in [0.5, 0.6) is 0 Å². The minimum atomic E-state index is -0.323. The third-order valence-electron chi connectivity index (χ3n) is 5.16. The summed E-state index contributed by atoms with van der Waals surface area (Å²) in [6.45, 7) is 10.3. The van der Waals surface area contributed by atoms with Crippen molar-refractivity contribution in [2.45, 2.75) is 72.3 Å². The molecule has 0 radical (unpaired) electrons. The molecule has 2 fully saturated rings. The standard InChI is InChI=1S/C18H32N2O2/c1-5-20(15-8-6-7-9-15)16(21)14-10-12-19(13-11-14)17(22)18(2,3)4/h14-15H,5-13H2,1-4H3. The molecule has 1 heterocycles. The fourth-order valence-corrected chi connectivity index (χ4v) is 3.85. The fraction of sp³-hybridized carbons (Fsp3) is 0.889. The molecule has 0 aromatic rings. The summed E-state index contributed by atoms with van der Waals surface area (Å²) in [4.78, 5) is 29.2. The number of nitrogens with zero attached hydrogens (tertiary/aromatic N) is 2. The van der Waals surface area contributed by atoms with Gasteiger partial charge < -0.3 is 9.80 Å². The quantitative estimate of drug-likeness (QED) is 0.804. The summed E-state index contributed by atoms with van der Waals surface area (Å²) >= 11 is 0. The molecule has 0 spiro atoms. The van der Waals surface area contributed by atoms with Gasteiger partial charge in [-0.3, -0.25) is 9.59 Å². The average molecular weight is 308 g/mol. The van der Waals surface area contributed by atoms with E-state index in [1.54, 1.807) is 0 Å². The van der Waals surface area contributed by atoms with Crippen LogP contribution in [0.3, 0.4) is 0 Å². The molecular weight excluding hydrogens is 276 g/mol. The molecule has 0 unspecified atom stereocenters. The van der Waals surface area contributed by atoms with Gasteiger partial charge in [-0.2, -0.15) is 0 Å². The van der Waals surface area contributed by atoms with E-state index in [-0.39, 0.29) is 17.2 Å². The molecule has 0 bridgehead atoms. The van der Waals surface area contributed by atoms with E-state index in [0.29, 0.717) is 11.9 Å². The molecule has 1 aliphatic heterocycles. The number of carbonyl (C=O) groups excluding carboxylic acids is 2. The number of amides is 2. The number of piperidine rings is 1. The maximum absolute atomic E-state index is 12.8. The van der Waals surface area contributed by atoms with Gasteiger partial charge in [-0.25, -0.2) is 0 Å². The Balaban J connectivity index is 1.90. The van der Waals surface area contributed by atoms with Crippen LogP contribution in [0.1, 0.15) is 66.2 Å².